The summed E-state index contributed by atoms with van der Waals surface area (Å²) >= 11 is 0. The molecule has 0 spiro atoms. The molecule has 0 atom stereocenters. The van der Waals surface area contributed by atoms with E-state index < -0.39 is 0 Å². The lowest BCUT2D eigenvalue weighted by atomic mass is 9.68. The topological polar surface area (TPSA) is 29.3 Å². The first-order valence-electron chi connectivity index (χ1n) is 6.97. The molecule has 1 fully saturated rings. The summed E-state index contributed by atoms with van der Waals surface area (Å²) in [5.74, 6) is 0. The van der Waals surface area contributed by atoms with Gasteiger partial charge in [0.2, 0.25) is 0 Å². The Morgan fingerprint density at radius 2 is 1.83 bits per heavy atom. The number of anilines is 1. The Morgan fingerprint density at radius 1 is 1.17 bits per heavy atom. The zero-order valence-corrected chi connectivity index (χ0v) is 12.2. The fourth-order valence-electron chi connectivity index (χ4n) is 3.05. The molecule has 1 aromatic carbocycles. The number of nitrogens with two attached hydrogens (primary N) is 1. The van der Waals surface area contributed by atoms with Crippen molar-refractivity contribution in [3.63, 3.8) is 0 Å². The van der Waals surface area contributed by atoms with Crippen molar-refractivity contribution < 1.29 is 0 Å². The van der Waals surface area contributed by atoms with Gasteiger partial charge in [0.1, 0.15) is 0 Å². The Hall–Kier alpha value is -1.02. The first-order valence-corrected chi connectivity index (χ1v) is 6.97. The first kappa shape index (κ1) is 13.4. The maximum atomic E-state index is 5.96. The van der Waals surface area contributed by atoms with Gasteiger partial charge in [0.15, 0.2) is 0 Å². The molecule has 18 heavy (non-hydrogen) atoms. The molecule has 1 saturated carbocycles. The molecule has 1 aromatic rings. The number of nitrogens with zero attached hydrogens (tertiary/aromatic N) is 1. The molecule has 2 heteroatoms. The van der Waals surface area contributed by atoms with Gasteiger partial charge >= 0.3 is 0 Å². The highest BCUT2D eigenvalue weighted by molar-refractivity contribution is 5.57. The molecule has 0 aromatic heterocycles. The fraction of sp³-hybridized carbons (Fsp3) is 0.625. The van der Waals surface area contributed by atoms with Gasteiger partial charge < -0.3 is 10.6 Å². The Morgan fingerprint density at radius 3 is 2.33 bits per heavy atom. The quantitative estimate of drug-likeness (QED) is 0.884. The number of aryl methyl sites for hydroxylation is 1. The van der Waals surface area contributed by atoms with E-state index >= 15 is 0 Å². The molecular formula is C16H26N2. The van der Waals surface area contributed by atoms with Crippen LogP contribution in [0.3, 0.4) is 0 Å². The Labute approximate surface area is 111 Å². The van der Waals surface area contributed by atoms with Gasteiger partial charge in [-0.3, -0.25) is 0 Å². The Balaban J connectivity index is 2.19. The van der Waals surface area contributed by atoms with Crippen LogP contribution in [0.15, 0.2) is 12.1 Å². The maximum absolute atomic E-state index is 5.96. The van der Waals surface area contributed by atoms with Crippen LogP contribution in [0.25, 0.3) is 0 Å². The van der Waals surface area contributed by atoms with E-state index in [0.29, 0.717) is 5.41 Å². The molecule has 0 saturated heterocycles. The Bertz CT molecular complexity index is 427. The van der Waals surface area contributed by atoms with E-state index in [2.05, 4.69) is 44.9 Å². The van der Waals surface area contributed by atoms with Gasteiger partial charge in [0.05, 0.1) is 0 Å². The van der Waals surface area contributed by atoms with Gasteiger partial charge in [-0.2, -0.15) is 0 Å². The average Bonchev–Trinajstić information content (AvgIpc) is 2.31. The third-order valence-corrected chi connectivity index (χ3v) is 4.86. The normalized spacial score (nSPS) is 17.4. The second kappa shape index (κ2) is 4.93. The van der Waals surface area contributed by atoms with Crippen molar-refractivity contribution in [3.05, 3.63) is 28.8 Å². The van der Waals surface area contributed by atoms with Crippen LogP contribution in [-0.4, -0.2) is 20.1 Å². The van der Waals surface area contributed by atoms with Crippen LogP contribution in [0.1, 0.15) is 36.0 Å². The largest absolute Gasteiger partial charge is 0.374 e. The smallest absolute Gasteiger partial charge is 0.0396 e. The van der Waals surface area contributed by atoms with Crippen LogP contribution < -0.4 is 10.6 Å². The van der Waals surface area contributed by atoms with Crippen LogP contribution in [0, 0.1) is 26.2 Å². The molecule has 0 amide bonds. The predicted molar refractivity (Wildman–Crippen MR) is 79.3 cm³/mol. The minimum Gasteiger partial charge on any atom is -0.374 e. The van der Waals surface area contributed by atoms with Crippen molar-refractivity contribution in [2.75, 3.05) is 25.0 Å². The zero-order chi connectivity index (χ0) is 13.3. The summed E-state index contributed by atoms with van der Waals surface area (Å²) < 4.78 is 0. The highest BCUT2D eigenvalue weighted by atomic mass is 15.1. The summed E-state index contributed by atoms with van der Waals surface area (Å²) in [4.78, 5) is 2.40. The van der Waals surface area contributed by atoms with Crippen LogP contribution in [0.5, 0.6) is 0 Å². The minimum absolute atomic E-state index is 0.375. The highest BCUT2D eigenvalue weighted by Gasteiger charge is 2.36. The second-order valence-electron chi connectivity index (χ2n) is 6.07. The van der Waals surface area contributed by atoms with E-state index in [0.717, 1.165) is 13.1 Å². The van der Waals surface area contributed by atoms with Gasteiger partial charge in [0, 0.05) is 24.7 Å². The predicted octanol–water partition coefficient (Wildman–Crippen LogP) is 3.18. The van der Waals surface area contributed by atoms with Gasteiger partial charge in [-0.15, -0.1) is 0 Å². The summed E-state index contributed by atoms with van der Waals surface area (Å²) in [7, 11) is 2.20. The molecule has 0 bridgehead atoms. The number of benzene rings is 1. The van der Waals surface area contributed by atoms with Crippen molar-refractivity contribution in [2.45, 2.75) is 40.0 Å². The molecule has 2 N–H and O–H groups in total. The van der Waals surface area contributed by atoms with E-state index in [1.165, 1.54) is 41.6 Å². The van der Waals surface area contributed by atoms with Gasteiger partial charge in [-0.1, -0.05) is 12.5 Å². The highest BCUT2D eigenvalue weighted by Crippen LogP contribution is 2.41. The molecule has 0 unspecified atom stereocenters. The van der Waals surface area contributed by atoms with Gasteiger partial charge in [0.25, 0.3) is 0 Å². The summed E-state index contributed by atoms with van der Waals surface area (Å²) in [6, 6.07) is 4.48. The molecular weight excluding hydrogens is 220 g/mol. The summed E-state index contributed by atoms with van der Waals surface area (Å²) in [5.41, 5.74) is 11.9. The molecule has 0 radical (unpaired) electrons. The lowest BCUT2D eigenvalue weighted by molar-refractivity contribution is 0.154. The van der Waals surface area contributed by atoms with Gasteiger partial charge in [-0.05, 0) is 62.9 Å². The van der Waals surface area contributed by atoms with E-state index in [9.17, 15) is 0 Å². The van der Waals surface area contributed by atoms with E-state index in [-0.39, 0.29) is 0 Å². The number of hydrogen-bond donors (Lipinski definition) is 1. The SMILES string of the molecule is Cc1ccc(N(C)CC2(CN)CCC2)c(C)c1C. The van der Waals surface area contributed by atoms with Crippen LogP contribution >= 0.6 is 0 Å². The van der Waals surface area contributed by atoms with Gasteiger partial charge in [-0.25, -0.2) is 0 Å². The maximum Gasteiger partial charge on any atom is 0.0396 e. The van der Waals surface area contributed by atoms with Crippen molar-refractivity contribution in [1.82, 2.24) is 0 Å². The van der Waals surface area contributed by atoms with Crippen molar-refractivity contribution in [3.8, 4) is 0 Å². The van der Waals surface area contributed by atoms with E-state index in [1.807, 2.05) is 0 Å². The lowest BCUT2D eigenvalue weighted by Crippen LogP contribution is -2.46. The fourth-order valence-corrected chi connectivity index (χ4v) is 3.05. The standard InChI is InChI=1S/C16H26N2/c1-12-6-7-15(14(3)13(12)2)18(4)11-16(10-17)8-5-9-16/h6-7H,5,8-11,17H2,1-4H3. The molecule has 1 aliphatic carbocycles. The van der Waals surface area contributed by atoms with Crippen molar-refractivity contribution in [2.24, 2.45) is 11.1 Å². The third-order valence-electron chi connectivity index (χ3n) is 4.86. The third kappa shape index (κ3) is 2.26. The first-order chi connectivity index (χ1) is 8.49. The number of hydrogen-bond acceptors (Lipinski definition) is 2. The summed E-state index contributed by atoms with van der Waals surface area (Å²) in [6.07, 6.45) is 3.92. The molecule has 2 rings (SSSR count). The van der Waals surface area contributed by atoms with E-state index in [4.69, 9.17) is 5.73 Å². The summed E-state index contributed by atoms with van der Waals surface area (Å²) in [6.45, 7) is 8.53. The number of rotatable bonds is 4. The van der Waals surface area contributed by atoms with Crippen molar-refractivity contribution >= 4 is 5.69 Å². The molecule has 1 aliphatic rings. The molecule has 0 heterocycles. The summed E-state index contributed by atoms with van der Waals surface area (Å²) in [5, 5.41) is 0. The molecule has 100 valence electrons. The van der Waals surface area contributed by atoms with Crippen LogP contribution in [0.4, 0.5) is 5.69 Å². The lowest BCUT2D eigenvalue weighted by Gasteiger charge is -2.44. The van der Waals surface area contributed by atoms with E-state index in [1.54, 1.807) is 0 Å². The van der Waals surface area contributed by atoms with Crippen molar-refractivity contribution in [1.29, 1.82) is 0 Å². The zero-order valence-electron chi connectivity index (χ0n) is 12.2. The monoisotopic (exact) mass is 246 g/mol. The average molecular weight is 246 g/mol. The molecule has 0 aliphatic heterocycles. The molecule has 2 nitrogen and oxygen atoms in total. The second-order valence-corrected chi connectivity index (χ2v) is 6.07. The Kier molecular flexibility index (Phi) is 3.67. The van der Waals surface area contributed by atoms with Crippen LogP contribution in [-0.2, 0) is 0 Å². The van der Waals surface area contributed by atoms with Crippen LogP contribution in [0.2, 0.25) is 0 Å². The minimum atomic E-state index is 0.375.